The Morgan fingerprint density at radius 3 is 1.24 bits per heavy atom. The average molecular weight is 1210 g/mol. The molecular weight excluding hydrogens is 1160 g/mol. The number of aliphatic hydroxyl groups is 8. The van der Waals surface area contributed by atoms with E-state index in [0.717, 1.165) is 0 Å². The molecular formula is C52H53N21O15. The van der Waals surface area contributed by atoms with Gasteiger partial charge in [-0.25, -0.2) is 34.9 Å². The number of H-pyrrole nitrogens is 3. The van der Waals surface area contributed by atoms with E-state index in [1.165, 1.54) is 51.7 Å². The van der Waals surface area contributed by atoms with Crippen molar-refractivity contribution in [1.29, 1.82) is 10.5 Å². The summed E-state index contributed by atoms with van der Waals surface area (Å²) in [5.74, 6) is 6.12. The molecule has 0 aliphatic carbocycles. The van der Waals surface area contributed by atoms with Gasteiger partial charge in [0.15, 0.2) is 79.8 Å². The van der Waals surface area contributed by atoms with Crippen LogP contribution in [0.1, 0.15) is 38.8 Å². The number of hydrogen-bond donors (Lipinski definition) is 14. The number of nitrogens with zero attached hydrogens (tertiary/aromatic N) is 15. The van der Waals surface area contributed by atoms with Crippen LogP contribution in [0.5, 0.6) is 0 Å². The molecule has 8 aromatic rings. The van der Waals surface area contributed by atoms with Crippen LogP contribution in [-0.2, 0) is 18.9 Å². The molecule has 16 atom stereocenters. The fourth-order valence-electron chi connectivity index (χ4n) is 10.5. The molecule has 0 bridgehead atoms. The molecule has 4 aliphatic heterocycles. The van der Waals surface area contributed by atoms with Gasteiger partial charge in [0.2, 0.25) is 11.9 Å². The second-order valence-corrected chi connectivity index (χ2v) is 20.3. The number of nitrogen functional groups attached to an aromatic ring is 3. The Morgan fingerprint density at radius 2 is 0.852 bits per heavy atom. The van der Waals surface area contributed by atoms with Crippen molar-refractivity contribution in [2.75, 3.05) is 43.6 Å². The lowest BCUT2D eigenvalue weighted by molar-refractivity contribution is -0.0896. The number of ether oxygens (including phenoxy) is 4. The van der Waals surface area contributed by atoms with Gasteiger partial charge in [-0.2, -0.15) is 20.5 Å². The van der Waals surface area contributed by atoms with Gasteiger partial charge in [0.25, 0.3) is 16.7 Å². The van der Waals surface area contributed by atoms with Crippen molar-refractivity contribution in [3.8, 4) is 61.5 Å². The van der Waals surface area contributed by atoms with Gasteiger partial charge in [-0.15, -0.1) is 25.7 Å². The highest BCUT2D eigenvalue weighted by molar-refractivity contribution is 5.81. The quantitative estimate of drug-likeness (QED) is 0.0631. The molecule has 0 unspecified atom stereocenters. The largest absolute Gasteiger partial charge is 0.392 e. The van der Waals surface area contributed by atoms with E-state index in [2.05, 4.69) is 83.5 Å². The molecule has 0 amide bonds. The van der Waals surface area contributed by atoms with E-state index in [0.29, 0.717) is 11.2 Å². The van der Waals surface area contributed by atoms with Gasteiger partial charge in [-0.1, -0.05) is 37.5 Å². The molecule has 456 valence electrons. The van der Waals surface area contributed by atoms with Crippen molar-refractivity contribution in [2.45, 2.75) is 85.6 Å². The summed E-state index contributed by atoms with van der Waals surface area (Å²) >= 11 is 0. The van der Waals surface area contributed by atoms with E-state index in [1.807, 2.05) is 12.1 Å². The minimum absolute atomic E-state index is 0.00353. The van der Waals surface area contributed by atoms with Gasteiger partial charge < -0.3 is 82.0 Å². The second kappa shape index (κ2) is 23.9. The van der Waals surface area contributed by atoms with Crippen LogP contribution in [0.3, 0.4) is 0 Å². The van der Waals surface area contributed by atoms with Gasteiger partial charge in [0.1, 0.15) is 60.6 Å². The maximum Gasteiger partial charge on any atom is 0.280 e. The SMILES string of the molecule is C#C[C@]1(CO)O[C@@H](n2cnc3c(=O)[nH]c(N)nc32)[C@@H](C#N)[C@@H]1O.C#C[C@]1(CO)O[C@@H](n2cnc3c(=O)[nH]c(N)nc32)[C@@H](C)[C@@H]1O.C#C[C@]1(CO)O[C@@H](n2cnc3c(=O)[nH]cnc32)[C@@H](C#N)[C@@H]1O.C#C[C@]1(CO)O[C@@H](n2cnc3c(N)ncnc32)[C@@H](C)[C@@H]1O. The van der Waals surface area contributed by atoms with E-state index in [4.69, 9.17) is 61.8 Å². The van der Waals surface area contributed by atoms with Crippen LogP contribution in [-0.4, -0.2) is 192 Å². The Kier molecular flexibility index (Phi) is 16.9. The fourth-order valence-corrected chi connectivity index (χ4v) is 10.5. The van der Waals surface area contributed by atoms with Crippen molar-refractivity contribution >= 4 is 62.4 Å². The molecule has 4 saturated heterocycles. The highest BCUT2D eigenvalue weighted by Gasteiger charge is 2.57. The molecule has 88 heavy (non-hydrogen) atoms. The molecule has 17 N–H and O–H groups in total. The van der Waals surface area contributed by atoms with Gasteiger partial charge in [-0.3, -0.25) is 42.6 Å². The van der Waals surface area contributed by atoms with Gasteiger partial charge in [0, 0.05) is 11.8 Å². The number of imidazole rings is 4. The molecule has 0 aromatic carbocycles. The zero-order chi connectivity index (χ0) is 63.9. The molecule has 4 aliphatic rings. The summed E-state index contributed by atoms with van der Waals surface area (Å²) in [4.78, 5) is 78.3. The Bertz CT molecular complexity index is 4420. The van der Waals surface area contributed by atoms with Crippen LogP contribution in [0.4, 0.5) is 17.7 Å². The van der Waals surface area contributed by atoms with E-state index in [9.17, 15) is 65.8 Å². The molecule has 12 heterocycles. The number of aliphatic hydroxyl groups excluding tert-OH is 8. The molecule has 0 spiro atoms. The number of anilines is 3. The number of aromatic amines is 3. The van der Waals surface area contributed by atoms with Crippen molar-refractivity contribution in [3.63, 3.8) is 0 Å². The highest BCUT2D eigenvalue weighted by atomic mass is 16.6. The molecule has 12 rings (SSSR count). The fraction of sp³-hybridized carbons (Fsp3) is 0.423. The van der Waals surface area contributed by atoms with Crippen LogP contribution in [0.25, 0.3) is 44.7 Å². The molecule has 36 nitrogen and oxygen atoms in total. The first-order chi connectivity index (χ1) is 42.0. The smallest absolute Gasteiger partial charge is 0.280 e. The van der Waals surface area contributed by atoms with E-state index in [-0.39, 0.29) is 57.1 Å². The third-order valence-electron chi connectivity index (χ3n) is 15.4. The van der Waals surface area contributed by atoms with Crippen LogP contribution < -0.4 is 33.9 Å². The van der Waals surface area contributed by atoms with Crippen molar-refractivity contribution in [2.24, 2.45) is 23.7 Å². The summed E-state index contributed by atoms with van der Waals surface area (Å²) in [6.45, 7) is 1.15. The zero-order valence-electron chi connectivity index (χ0n) is 45.9. The van der Waals surface area contributed by atoms with Crippen LogP contribution in [0.2, 0.25) is 0 Å². The second-order valence-electron chi connectivity index (χ2n) is 20.3. The summed E-state index contributed by atoms with van der Waals surface area (Å²) in [6, 6.07) is 3.80. The minimum Gasteiger partial charge on any atom is -0.392 e. The first kappa shape index (κ1) is 62.3. The summed E-state index contributed by atoms with van der Waals surface area (Å²) in [7, 11) is 0. The third-order valence-corrected chi connectivity index (χ3v) is 15.4. The zero-order valence-corrected chi connectivity index (χ0v) is 45.9. The van der Waals surface area contributed by atoms with Gasteiger partial charge in [0.05, 0.1) is 70.2 Å². The number of hydrogen-bond acceptors (Lipinski definition) is 29. The maximum absolute atomic E-state index is 11.8. The van der Waals surface area contributed by atoms with Crippen molar-refractivity contribution in [1.82, 2.24) is 78.1 Å². The average Bonchev–Trinajstić information content (AvgIpc) is 1.72. The normalized spacial score (nSPS) is 31.2. The standard InChI is InChI=1S/C13H12N6O4.C13H15N5O4.C13H11N5O4.C13H15N5O3/c1-2-13(4-20)8(21)6(3-14)11(23-13)19-5-16-7-9(19)17-12(15)18-10(7)22;1-3-13(4-19)8(20)6(2)11(22-13)18-5-15-7-9(18)16-12(14)17-10(7)21;1-2-13(4-19)9(20)7(3-14)12(22-13)18-6-17-8-10(18)15-5-16-11(8)21;1-3-13(4-19)9(20)7(2)12(21-13)18-6-17-8-10(14)15-5-16-11(8)18/h1,5-6,8,11,20-21H,4H2,(H3,15,17,18,22);1,5-6,8,11,19-20H,4H2,2H3,(H3,14,16,17,21);1,5-7,9,12,19-20H,4H2,(H,15,16,21);1,5-7,9,12,19-20H,4H2,2H3,(H2,14,15,16)/t2*6-,8-,11+,13+;2*7-,9-,12+,13+/m0000/s1. The van der Waals surface area contributed by atoms with E-state index >= 15 is 0 Å². The predicted molar refractivity (Wildman–Crippen MR) is 299 cm³/mol. The summed E-state index contributed by atoms with van der Waals surface area (Å²) < 4.78 is 28.3. The minimum atomic E-state index is -1.73. The summed E-state index contributed by atoms with van der Waals surface area (Å²) in [5, 5.41) is 97.5. The number of aromatic nitrogens is 16. The Labute approximate surface area is 492 Å². The highest BCUT2D eigenvalue weighted by Crippen LogP contribution is 2.45. The number of terminal acetylenes is 4. The first-order valence-corrected chi connectivity index (χ1v) is 25.9. The van der Waals surface area contributed by atoms with E-state index in [1.54, 1.807) is 18.4 Å². The Hall–Kier alpha value is -10.3. The van der Waals surface area contributed by atoms with Gasteiger partial charge in [-0.05, 0) is 0 Å². The lowest BCUT2D eigenvalue weighted by atomic mass is 9.91. The topological polar surface area (TPSA) is 559 Å². The van der Waals surface area contributed by atoms with Crippen LogP contribution >= 0.6 is 0 Å². The number of rotatable bonds is 8. The van der Waals surface area contributed by atoms with Crippen LogP contribution in [0.15, 0.2) is 52.3 Å². The van der Waals surface area contributed by atoms with E-state index < -0.39 is 133 Å². The number of fused-ring (bicyclic) bond motifs is 4. The Morgan fingerprint density at radius 1 is 0.511 bits per heavy atom. The van der Waals surface area contributed by atoms with Crippen molar-refractivity contribution in [3.05, 3.63) is 69.0 Å². The first-order valence-electron chi connectivity index (χ1n) is 25.9. The number of nitrogens with one attached hydrogen (secondary N) is 3. The predicted octanol–water partition coefficient (Wildman–Crippen LogP) is -5.50. The molecule has 36 heteroatoms. The summed E-state index contributed by atoms with van der Waals surface area (Å²) in [6.07, 6.45) is 21.0. The maximum atomic E-state index is 11.8. The van der Waals surface area contributed by atoms with Gasteiger partial charge >= 0.3 is 0 Å². The molecule has 4 fully saturated rings. The lowest BCUT2D eigenvalue weighted by Crippen LogP contribution is -2.43. The lowest BCUT2D eigenvalue weighted by Gasteiger charge is -2.23. The summed E-state index contributed by atoms with van der Waals surface area (Å²) in [5.41, 5.74) is 10.6. The molecule has 8 aromatic heterocycles. The monoisotopic (exact) mass is 1210 g/mol. The molecule has 0 radical (unpaired) electrons. The Balaban J connectivity index is 0.000000140. The van der Waals surface area contributed by atoms with Crippen LogP contribution in [0, 0.1) is 95.7 Å². The van der Waals surface area contributed by atoms with Crippen molar-refractivity contribution < 1.29 is 59.8 Å². The third kappa shape index (κ3) is 10.00. The molecule has 0 saturated carbocycles. The number of nitrogens with two attached hydrogens (primary N) is 3. The number of nitriles is 2.